The fraction of sp³-hybridized carbons (Fsp3) is 0.111. The Balaban J connectivity index is 1.91. The zero-order valence-corrected chi connectivity index (χ0v) is 15.1. The van der Waals surface area contributed by atoms with Crippen molar-refractivity contribution in [2.75, 3.05) is 0 Å². The second-order valence-electron chi connectivity index (χ2n) is 5.60. The molecule has 0 aromatic heterocycles. The Bertz CT molecular complexity index is 711. The van der Waals surface area contributed by atoms with E-state index < -0.39 is 0 Å². The predicted molar refractivity (Wildman–Crippen MR) is 84.2 cm³/mol. The Morgan fingerprint density at radius 1 is 0.700 bits per heavy atom. The van der Waals surface area contributed by atoms with Crippen LogP contribution in [-0.2, 0) is 0 Å². The van der Waals surface area contributed by atoms with Crippen molar-refractivity contribution in [3.8, 4) is 0 Å². The molecule has 20 heavy (non-hydrogen) atoms. The average Bonchev–Trinajstić information content (AvgIpc) is 2.54. The molecule has 0 unspecified atom stereocenters. The second-order valence-corrected chi connectivity index (χ2v) is 14.4. The van der Waals surface area contributed by atoms with E-state index in [1.54, 1.807) is 27.8 Å². The fourth-order valence-electron chi connectivity index (χ4n) is 3.96. The Kier molecular flexibility index (Phi) is 2.47. The van der Waals surface area contributed by atoms with Gasteiger partial charge in [-0.2, -0.15) is 0 Å². The first-order valence-corrected chi connectivity index (χ1v) is 15.8. The predicted octanol–water partition coefficient (Wildman–Crippen LogP) is 3.38. The van der Waals surface area contributed by atoms with Crippen LogP contribution >= 0.6 is 0 Å². The molecule has 0 spiro atoms. The van der Waals surface area contributed by atoms with Crippen LogP contribution in [0.25, 0.3) is 0 Å². The molecule has 2 aromatic carbocycles. The molecule has 2 aromatic rings. The van der Waals surface area contributed by atoms with Crippen molar-refractivity contribution in [2.45, 2.75) is 11.8 Å². The van der Waals surface area contributed by atoms with Gasteiger partial charge >= 0.3 is 129 Å². The van der Waals surface area contributed by atoms with Gasteiger partial charge in [-0.05, 0) is 0 Å². The molecule has 1 aliphatic heterocycles. The number of benzene rings is 2. The third-order valence-corrected chi connectivity index (χ3v) is 13.8. The fourth-order valence-corrected chi connectivity index (χ4v) is 13.4. The van der Waals surface area contributed by atoms with Gasteiger partial charge in [0.2, 0.25) is 0 Å². The van der Waals surface area contributed by atoms with Crippen LogP contribution in [0.15, 0.2) is 69.5 Å². The van der Waals surface area contributed by atoms with Gasteiger partial charge in [-0.25, -0.2) is 0 Å². The first-order chi connectivity index (χ1) is 9.95. The molecule has 6 rings (SSSR count). The molecule has 0 amide bonds. The van der Waals surface area contributed by atoms with E-state index in [0.717, 1.165) is 0 Å². The van der Waals surface area contributed by atoms with E-state index in [4.69, 9.17) is 0 Å². The summed E-state index contributed by atoms with van der Waals surface area (Å²) in [7, 11) is 0. The summed E-state index contributed by atoms with van der Waals surface area (Å²) in [5.74, 6) is 1.12. The molecule has 2 bridgehead atoms. The Hall–Kier alpha value is -0.994. The third kappa shape index (κ3) is 1.39. The number of hydrogen-bond donors (Lipinski definition) is 0. The van der Waals surface area contributed by atoms with Gasteiger partial charge in [-0.1, -0.05) is 0 Å². The Morgan fingerprint density at radius 3 is 1.85 bits per heavy atom. The molecule has 0 nitrogen and oxygen atoms in total. The molecule has 0 saturated heterocycles. The van der Waals surface area contributed by atoms with E-state index in [2.05, 4.69) is 59.5 Å². The van der Waals surface area contributed by atoms with Crippen molar-refractivity contribution in [3.05, 3.63) is 91.7 Å². The summed E-state index contributed by atoms with van der Waals surface area (Å²) in [6.07, 6.45) is 2.48. The van der Waals surface area contributed by atoms with Crippen molar-refractivity contribution in [3.63, 3.8) is 0 Å². The van der Waals surface area contributed by atoms with Gasteiger partial charge < -0.3 is 0 Å². The first kappa shape index (κ1) is 11.6. The van der Waals surface area contributed by atoms with E-state index >= 15 is 0 Å². The summed E-state index contributed by atoms with van der Waals surface area (Å²) in [5, 5.41) is 0. The van der Waals surface area contributed by atoms with Crippen LogP contribution in [0.1, 0.15) is 34.1 Å². The summed E-state index contributed by atoms with van der Waals surface area (Å²) < 4.78 is 1.86. The van der Waals surface area contributed by atoms with Crippen molar-refractivity contribution in [2.24, 2.45) is 0 Å². The summed E-state index contributed by atoms with van der Waals surface area (Å²) in [5.41, 5.74) is 7.99. The van der Waals surface area contributed by atoms with Crippen LogP contribution in [0.5, 0.6) is 0 Å². The molecular formula is C18H12Ge2. The van der Waals surface area contributed by atoms with E-state index in [1.165, 1.54) is 0 Å². The van der Waals surface area contributed by atoms with E-state index in [1.807, 2.05) is 4.41 Å². The van der Waals surface area contributed by atoms with Crippen LogP contribution in [0.2, 0.25) is 0 Å². The molecule has 0 atom stereocenters. The van der Waals surface area contributed by atoms with Gasteiger partial charge in [0.1, 0.15) is 0 Å². The van der Waals surface area contributed by atoms with Crippen LogP contribution < -0.4 is 0 Å². The topological polar surface area (TPSA) is 0 Å². The van der Waals surface area contributed by atoms with Crippen molar-refractivity contribution in [1.29, 1.82) is 0 Å². The van der Waals surface area contributed by atoms with Crippen LogP contribution in [-0.4, -0.2) is 25.8 Å². The second kappa shape index (κ2) is 4.25. The molecule has 1 heterocycles. The summed E-state index contributed by atoms with van der Waals surface area (Å²) in [6.45, 7) is 0. The zero-order chi connectivity index (χ0) is 13.1. The van der Waals surface area contributed by atoms with Gasteiger partial charge in [0.15, 0.2) is 0 Å². The minimum absolute atomic E-state index is 0.159. The normalized spacial score (nSPS) is 24.4. The number of hydrogen-bond acceptors (Lipinski definition) is 0. The van der Waals surface area contributed by atoms with Crippen molar-refractivity contribution < 1.29 is 0 Å². The quantitative estimate of drug-likeness (QED) is 0.621. The summed E-state index contributed by atoms with van der Waals surface area (Å²) >= 11 is 0.389. The van der Waals surface area contributed by atoms with Crippen LogP contribution in [0, 0.1) is 0 Å². The van der Waals surface area contributed by atoms with Gasteiger partial charge in [0, 0.05) is 0 Å². The van der Waals surface area contributed by atoms with E-state index in [9.17, 15) is 0 Å². The van der Waals surface area contributed by atoms with Gasteiger partial charge in [-0.15, -0.1) is 0 Å². The van der Waals surface area contributed by atoms with Gasteiger partial charge in [0.25, 0.3) is 0 Å². The molecular weight excluding hydrogens is 361 g/mol. The summed E-state index contributed by atoms with van der Waals surface area (Å²) in [6, 6.07) is 18.3. The zero-order valence-electron chi connectivity index (χ0n) is 10.9. The van der Waals surface area contributed by atoms with Crippen LogP contribution in [0.4, 0.5) is 0 Å². The maximum absolute atomic E-state index is 2.53. The van der Waals surface area contributed by atoms with E-state index in [0.29, 0.717) is 11.8 Å². The monoisotopic (exact) mass is 376 g/mol. The molecule has 2 heteroatoms. The standard InChI is InChI=1S/C18H12Ge2/c1-3-7-13-11(5-1)16-12-6-2-4-8-14(12)17(13)18-15(16)9-10-19-20-18/h1-10,16-17H. The number of rotatable bonds is 0. The van der Waals surface area contributed by atoms with Crippen molar-refractivity contribution >= 4 is 25.8 Å². The summed E-state index contributed by atoms with van der Waals surface area (Å²) in [4.78, 5) is 2.53. The third-order valence-electron chi connectivity index (χ3n) is 4.70. The minimum atomic E-state index is 0.159. The molecule has 0 N–H and O–H groups in total. The average molecular weight is 374 g/mol. The van der Waals surface area contributed by atoms with Gasteiger partial charge in [-0.3, -0.25) is 0 Å². The molecule has 2 radical (unpaired) electrons. The Labute approximate surface area is 129 Å². The van der Waals surface area contributed by atoms with E-state index in [-0.39, 0.29) is 25.8 Å². The molecule has 0 fully saturated rings. The SMILES string of the molecule is [CH]1=CC2=[C]([Ge]=[Ge]1)C1c3ccccc3C2c2ccccc21. The Morgan fingerprint density at radius 2 is 1.25 bits per heavy atom. The molecule has 4 aliphatic rings. The van der Waals surface area contributed by atoms with Gasteiger partial charge in [0.05, 0.1) is 0 Å². The number of allylic oxidation sites excluding steroid dienone is 3. The van der Waals surface area contributed by atoms with Crippen molar-refractivity contribution in [1.82, 2.24) is 0 Å². The molecule has 3 aliphatic carbocycles. The van der Waals surface area contributed by atoms with Crippen LogP contribution in [0.3, 0.4) is 0 Å². The molecule has 0 saturated carbocycles. The first-order valence-electron chi connectivity index (χ1n) is 7.05. The molecule has 92 valence electrons. The maximum atomic E-state index is 2.53.